The van der Waals surface area contributed by atoms with Gasteiger partial charge < -0.3 is 10.2 Å². The molecular formula is C24H25FN6O2. The average Bonchev–Trinajstić information content (AvgIpc) is 3.27. The maximum Gasteiger partial charge on any atom is 0.246 e. The number of nitrogens with one attached hydrogen (secondary N) is 1. The number of benzene rings is 2. The van der Waals surface area contributed by atoms with Crippen molar-refractivity contribution in [3.63, 3.8) is 0 Å². The summed E-state index contributed by atoms with van der Waals surface area (Å²) in [5.41, 5.74) is 2.30. The Bertz CT molecular complexity index is 1110. The Hall–Kier alpha value is -3.85. The minimum atomic E-state index is -0.348. The molecule has 0 aliphatic carbocycles. The molecule has 8 nitrogen and oxygen atoms in total. The molecule has 0 spiro atoms. The number of nitrogens with zero attached hydrogens (tertiary/aromatic N) is 5. The Labute approximate surface area is 191 Å². The van der Waals surface area contributed by atoms with Crippen LogP contribution >= 0.6 is 0 Å². The zero-order valence-electron chi connectivity index (χ0n) is 18.1. The molecule has 170 valence electrons. The molecule has 1 saturated heterocycles. The highest BCUT2D eigenvalue weighted by Crippen LogP contribution is 2.09. The van der Waals surface area contributed by atoms with Gasteiger partial charge in [0.2, 0.25) is 11.8 Å². The molecule has 33 heavy (non-hydrogen) atoms. The highest BCUT2D eigenvalue weighted by Gasteiger charge is 2.21. The molecule has 3 aromatic rings. The smallest absolute Gasteiger partial charge is 0.246 e. The minimum absolute atomic E-state index is 0.0944. The van der Waals surface area contributed by atoms with Crippen molar-refractivity contribution in [3.05, 3.63) is 83.9 Å². The number of carbonyl (C=O) groups is 2. The Morgan fingerprint density at radius 2 is 1.73 bits per heavy atom. The fourth-order valence-electron chi connectivity index (χ4n) is 3.56. The molecule has 1 aliphatic heterocycles. The van der Waals surface area contributed by atoms with E-state index in [-0.39, 0.29) is 24.2 Å². The van der Waals surface area contributed by atoms with Crippen LogP contribution in [0.2, 0.25) is 0 Å². The predicted octanol–water partition coefficient (Wildman–Crippen LogP) is 2.26. The van der Waals surface area contributed by atoms with Crippen LogP contribution in [-0.4, -0.2) is 69.3 Å². The molecule has 1 aromatic heterocycles. The van der Waals surface area contributed by atoms with Crippen molar-refractivity contribution in [1.29, 1.82) is 0 Å². The van der Waals surface area contributed by atoms with Gasteiger partial charge in [-0.25, -0.2) is 9.07 Å². The number of anilines is 1. The van der Waals surface area contributed by atoms with E-state index >= 15 is 0 Å². The second-order valence-corrected chi connectivity index (χ2v) is 7.82. The van der Waals surface area contributed by atoms with Crippen molar-refractivity contribution in [2.24, 2.45) is 0 Å². The molecule has 2 heterocycles. The SMILES string of the molecule is O=C(CN1CCN(C(=O)/C=C/c2cn(Cc3ccccc3)nn2)CC1)Nc1ccc(F)cc1. The first-order valence-corrected chi connectivity index (χ1v) is 10.7. The van der Waals surface area contributed by atoms with Crippen LogP contribution in [0.4, 0.5) is 10.1 Å². The lowest BCUT2D eigenvalue weighted by molar-refractivity contribution is -0.127. The number of piperazine rings is 1. The minimum Gasteiger partial charge on any atom is -0.337 e. The number of amides is 2. The van der Waals surface area contributed by atoms with Crippen LogP contribution in [0.25, 0.3) is 6.08 Å². The monoisotopic (exact) mass is 448 g/mol. The van der Waals surface area contributed by atoms with Crippen LogP contribution in [0.5, 0.6) is 0 Å². The van der Waals surface area contributed by atoms with Gasteiger partial charge in [-0.1, -0.05) is 35.5 Å². The molecule has 4 rings (SSSR count). The summed E-state index contributed by atoms with van der Waals surface area (Å²) in [5, 5.41) is 10.9. The second kappa shape index (κ2) is 10.6. The summed E-state index contributed by atoms with van der Waals surface area (Å²) in [6, 6.07) is 15.6. The molecule has 1 aliphatic rings. The summed E-state index contributed by atoms with van der Waals surface area (Å²) in [6.07, 6.45) is 4.97. The molecule has 2 amide bonds. The van der Waals surface area contributed by atoms with Gasteiger partial charge >= 0.3 is 0 Å². The van der Waals surface area contributed by atoms with E-state index in [4.69, 9.17) is 0 Å². The average molecular weight is 449 g/mol. The normalized spacial score (nSPS) is 14.5. The van der Waals surface area contributed by atoms with Crippen LogP contribution in [0.3, 0.4) is 0 Å². The van der Waals surface area contributed by atoms with Gasteiger partial charge in [-0.05, 0) is 35.9 Å². The van der Waals surface area contributed by atoms with Gasteiger partial charge in [0.05, 0.1) is 19.3 Å². The summed E-state index contributed by atoms with van der Waals surface area (Å²) in [7, 11) is 0. The lowest BCUT2D eigenvalue weighted by atomic mass is 10.2. The lowest BCUT2D eigenvalue weighted by Crippen LogP contribution is -2.50. The molecule has 2 aromatic carbocycles. The predicted molar refractivity (Wildman–Crippen MR) is 123 cm³/mol. The Morgan fingerprint density at radius 1 is 1.00 bits per heavy atom. The third kappa shape index (κ3) is 6.56. The Morgan fingerprint density at radius 3 is 2.45 bits per heavy atom. The van der Waals surface area contributed by atoms with E-state index in [1.54, 1.807) is 21.9 Å². The third-order valence-corrected chi connectivity index (χ3v) is 5.32. The third-order valence-electron chi connectivity index (χ3n) is 5.32. The summed E-state index contributed by atoms with van der Waals surface area (Å²) in [6.45, 7) is 3.11. The fourth-order valence-corrected chi connectivity index (χ4v) is 3.56. The van der Waals surface area contributed by atoms with Gasteiger partial charge in [0.15, 0.2) is 0 Å². The van der Waals surface area contributed by atoms with E-state index in [1.165, 1.54) is 30.3 Å². The van der Waals surface area contributed by atoms with E-state index in [2.05, 4.69) is 15.6 Å². The summed E-state index contributed by atoms with van der Waals surface area (Å²) in [4.78, 5) is 28.5. The first kappa shape index (κ1) is 22.3. The topological polar surface area (TPSA) is 83.4 Å². The van der Waals surface area contributed by atoms with Crippen molar-refractivity contribution in [1.82, 2.24) is 24.8 Å². The van der Waals surface area contributed by atoms with Crippen LogP contribution in [0, 0.1) is 5.82 Å². The number of halogens is 1. The van der Waals surface area contributed by atoms with Crippen molar-refractivity contribution in [2.75, 3.05) is 38.0 Å². The first-order valence-electron chi connectivity index (χ1n) is 10.7. The van der Waals surface area contributed by atoms with E-state index in [1.807, 2.05) is 35.2 Å². The number of carbonyl (C=O) groups excluding carboxylic acids is 2. The Kier molecular flexibility index (Phi) is 7.21. The van der Waals surface area contributed by atoms with Crippen LogP contribution in [0.1, 0.15) is 11.3 Å². The fraction of sp³-hybridized carbons (Fsp3) is 0.250. The lowest BCUT2D eigenvalue weighted by Gasteiger charge is -2.33. The molecular weight excluding hydrogens is 423 g/mol. The second-order valence-electron chi connectivity index (χ2n) is 7.82. The van der Waals surface area contributed by atoms with Gasteiger partial charge in [-0.3, -0.25) is 14.5 Å². The molecule has 1 fully saturated rings. The molecule has 0 atom stereocenters. The zero-order chi connectivity index (χ0) is 23.0. The van der Waals surface area contributed by atoms with Gasteiger partial charge in [0, 0.05) is 37.9 Å². The maximum absolute atomic E-state index is 13.0. The molecule has 1 N–H and O–H groups in total. The summed E-state index contributed by atoms with van der Waals surface area (Å²) >= 11 is 0. The highest BCUT2D eigenvalue weighted by molar-refractivity contribution is 5.92. The number of hydrogen-bond donors (Lipinski definition) is 1. The van der Waals surface area contributed by atoms with Crippen LogP contribution < -0.4 is 5.32 Å². The van der Waals surface area contributed by atoms with Crippen molar-refractivity contribution < 1.29 is 14.0 Å². The first-order chi connectivity index (χ1) is 16.0. The number of hydrogen-bond acceptors (Lipinski definition) is 5. The summed E-state index contributed by atoms with van der Waals surface area (Å²) in [5.74, 6) is -0.609. The zero-order valence-corrected chi connectivity index (χ0v) is 18.1. The van der Waals surface area contributed by atoms with Gasteiger partial charge in [-0.2, -0.15) is 0 Å². The van der Waals surface area contributed by atoms with E-state index in [9.17, 15) is 14.0 Å². The van der Waals surface area contributed by atoms with Gasteiger partial charge in [0.1, 0.15) is 11.5 Å². The van der Waals surface area contributed by atoms with E-state index < -0.39 is 0 Å². The standard InChI is InChI=1S/C24H25FN6O2/c25-20-6-8-21(9-7-20)26-23(32)18-29-12-14-30(15-13-29)24(33)11-10-22-17-31(28-27-22)16-19-4-2-1-3-5-19/h1-11,17H,12-16,18H2,(H,26,32)/b11-10+. The van der Waals surface area contributed by atoms with Crippen LogP contribution in [-0.2, 0) is 16.1 Å². The van der Waals surface area contributed by atoms with E-state index in [0.29, 0.717) is 44.1 Å². The maximum atomic E-state index is 13.0. The summed E-state index contributed by atoms with van der Waals surface area (Å²) < 4.78 is 14.7. The number of rotatable bonds is 7. The highest BCUT2D eigenvalue weighted by atomic mass is 19.1. The van der Waals surface area contributed by atoms with Gasteiger partial charge in [0.25, 0.3) is 0 Å². The van der Waals surface area contributed by atoms with Crippen molar-refractivity contribution >= 4 is 23.6 Å². The van der Waals surface area contributed by atoms with Gasteiger partial charge in [-0.15, -0.1) is 5.10 Å². The quantitative estimate of drug-likeness (QED) is 0.561. The van der Waals surface area contributed by atoms with Crippen LogP contribution in [0.15, 0.2) is 66.9 Å². The largest absolute Gasteiger partial charge is 0.337 e. The Balaban J connectivity index is 1.21. The molecule has 0 radical (unpaired) electrons. The molecule has 0 unspecified atom stereocenters. The van der Waals surface area contributed by atoms with Crippen molar-refractivity contribution in [2.45, 2.75) is 6.54 Å². The van der Waals surface area contributed by atoms with E-state index in [0.717, 1.165) is 5.56 Å². The molecule has 0 bridgehead atoms. The molecule has 9 heteroatoms. The number of aromatic nitrogens is 3. The van der Waals surface area contributed by atoms with Crippen molar-refractivity contribution in [3.8, 4) is 0 Å². The molecule has 0 saturated carbocycles.